The number of aromatic nitrogens is 3. The molecular formula is C28H27F3N4O4. The average Bonchev–Trinajstić information content (AvgIpc) is 3.63. The first-order chi connectivity index (χ1) is 18.3. The van der Waals surface area contributed by atoms with Gasteiger partial charge in [-0.1, -0.05) is 11.6 Å². The predicted molar refractivity (Wildman–Crippen MR) is 136 cm³/mol. The van der Waals surface area contributed by atoms with Gasteiger partial charge in [0.25, 0.3) is 5.91 Å². The van der Waals surface area contributed by atoms with Crippen LogP contribution in [0.25, 0.3) is 5.65 Å². The second kappa shape index (κ2) is 9.25. The summed E-state index contributed by atoms with van der Waals surface area (Å²) in [6.45, 7) is 6.84. The van der Waals surface area contributed by atoms with E-state index in [9.17, 15) is 27.9 Å². The van der Waals surface area contributed by atoms with Crippen LogP contribution in [-0.2, 0) is 21.2 Å². The molecule has 0 bridgehead atoms. The summed E-state index contributed by atoms with van der Waals surface area (Å²) in [6.07, 6.45) is 0.404. The lowest BCUT2D eigenvalue weighted by atomic mass is 9.94. The van der Waals surface area contributed by atoms with Crippen LogP contribution >= 0.6 is 0 Å². The van der Waals surface area contributed by atoms with Gasteiger partial charge in [0.1, 0.15) is 6.10 Å². The van der Waals surface area contributed by atoms with E-state index in [0.717, 1.165) is 6.07 Å². The molecule has 2 saturated carbocycles. The number of nitrogens with zero attached hydrogens (tertiary/aromatic N) is 3. The van der Waals surface area contributed by atoms with Crippen LogP contribution in [0.5, 0.6) is 5.88 Å². The van der Waals surface area contributed by atoms with E-state index in [-0.39, 0.29) is 11.5 Å². The number of hydrogen-bond acceptors (Lipinski definition) is 5. The fraction of sp³-hybridized carbons (Fsp3) is 0.357. The molecule has 4 atom stereocenters. The van der Waals surface area contributed by atoms with E-state index >= 15 is 0 Å². The third kappa shape index (κ3) is 4.77. The summed E-state index contributed by atoms with van der Waals surface area (Å²) in [7, 11) is 0. The molecule has 39 heavy (non-hydrogen) atoms. The van der Waals surface area contributed by atoms with Crippen molar-refractivity contribution >= 4 is 23.2 Å². The van der Waals surface area contributed by atoms with E-state index in [1.807, 2.05) is 0 Å². The fourth-order valence-electron chi connectivity index (χ4n) is 5.50. The Morgan fingerprint density at radius 3 is 2.59 bits per heavy atom. The number of hydrogen-bond donors (Lipinski definition) is 2. The first kappa shape index (κ1) is 26.5. The van der Waals surface area contributed by atoms with Gasteiger partial charge in [-0.2, -0.15) is 23.3 Å². The van der Waals surface area contributed by atoms with Gasteiger partial charge in [-0.15, -0.1) is 0 Å². The van der Waals surface area contributed by atoms with Crippen LogP contribution in [0.15, 0.2) is 65.5 Å². The number of fused-ring (bicyclic) bond motifs is 2. The number of anilines is 1. The maximum atomic E-state index is 13.8. The molecule has 0 aliphatic heterocycles. The monoisotopic (exact) mass is 540 g/mol. The molecule has 11 heteroatoms. The minimum atomic E-state index is -4.71. The van der Waals surface area contributed by atoms with Gasteiger partial charge in [-0.3, -0.25) is 9.59 Å². The Balaban J connectivity index is 1.38. The van der Waals surface area contributed by atoms with Crippen molar-refractivity contribution in [1.29, 1.82) is 0 Å². The lowest BCUT2D eigenvalue weighted by Crippen LogP contribution is -2.21. The van der Waals surface area contributed by atoms with Crippen molar-refractivity contribution in [1.82, 2.24) is 14.6 Å². The molecule has 0 spiro atoms. The Morgan fingerprint density at radius 2 is 1.97 bits per heavy atom. The molecule has 5 rings (SSSR count). The quantitative estimate of drug-likeness (QED) is 0.292. The molecule has 2 fully saturated rings. The standard InChI is InChI=1S/C28H27F3N4O4/c1-14(2)23(15(3)11-16(4)39-22-8-10-35-21(34-22)7-9-32-35)25(36)33-20-12-17(5-6-18(20)28(29,30)31)27-13-19(27)24(27)26(37)38/h5-12,16,19,24H,13H2,1-4H3,(H,33,36)(H,37,38)/b15-11-/t16?,19?,24-,27-/m0/s1. The minimum Gasteiger partial charge on any atom is -0.481 e. The highest BCUT2D eigenvalue weighted by Gasteiger charge is 2.82. The molecule has 1 aromatic carbocycles. The topological polar surface area (TPSA) is 106 Å². The molecule has 0 saturated heterocycles. The molecule has 2 aliphatic rings. The Hall–Kier alpha value is -4.15. The minimum absolute atomic E-state index is 0.0699. The normalized spacial score (nSPS) is 22.6. The van der Waals surface area contributed by atoms with Gasteiger partial charge in [-0.25, -0.2) is 4.52 Å². The van der Waals surface area contributed by atoms with Gasteiger partial charge in [0.05, 0.1) is 23.4 Å². The molecule has 2 aliphatic carbocycles. The van der Waals surface area contributed by atoms with Crippen LogP contribution in [0.2, 0.25) is 0 Å². The van der Waals surface area contributed by atoms with Crippen molar-refractivity contribution in [2.75, 3.05) is 5.32 Å². The number of carbonyl (C=O) groups is 2. The molecule has 2 aromatic heterocycles. The molecule has 3 aromatic rings. The predicted octanol–water partition coefficient (Wildman–Crippen LogP) is 5.41. The number of carbonyl (C=O) groups excluding carboxylic acids is 1. The molecule has 2 N–H and O–H groups in total. The van der Waals surface area contributed by atoms with E-state index in [0.29, 0.717) is 34.7 Å². The zero-order valence-corrected chi connectivity index (χ0v) is 21.7. The third-order valence-electron chi connectivity index (χ3n) is 7.43. The SMILES string of the molecule is CC(C)=C(C(=O)Nc1cc([C@@]23CC2[C@H]3C(=O)O)ccc1C(F)(F)F)/C(C)=C\C(C)Oc1ccn2nccc2n1. The van der Waals surface area contributed by atoms with Crippen LogP contribution in [0.1, 0.15) is 45.2 Å². The number of benzene rings is 1. The summed E-state index contributed by atoms with van der Waals surface area (Å²) in [6, 6.07) is 6.89. The number of carboxylic acids is 1. The number of alkyl halides is 3. The van der Waals surface area contributed by atoms with Crippen LogP contribution in [0, 0.1) is 11.8 Å². The number of rotatable bonds is 8. The molecule has 1 amide bonds. The maximum Gasteiger partial charge on any atom is 0.418 e. The van der Waals surface area contributed by atoms with Gasteiger partial charge in [0.15, 0.2) is 5.65 Å². The van der Waals surface area contributed by atoms with Crippen LogP contribution in [-0.4, -0.2) is 37.7 Å². The summed E-state index contributed by atoms with van der Waals surface area (Å²) >= 11 is 0. The van der Waals surface area contributed by atoms with E-state index < -0.39 is 46.7 Å². The van der Waals surface area contributed by atoms with E-state index in [1.165, 1.54) is 12.1 Å². The van der Waals surface area contributed by atoms with Crippen LogP contribution in [0.4, 0.5) is 18.9 Å². The van der Waals surface area contributed by atoms with Crippen molar-refractivity contribution in [3.63, 3.8) is 0 Å². The first-order valence-electron chi connectivity index (χ1n) is 12.4. The van der Waals surface area contributed by atoms with Crippen molar-refractivity contribution in [3.8, 4) is 5.88 Å². The summed E-state index contributed by atoms with van der Waals surface area (Å²) in [4.78, 5) is 29.2. The Labute approximate surface area is 222 Å². The highest BCUT2D eigenvalue weighted by atomic mass is 19.4. The van der Waals surface area contributed by atoms with Gasteiger partial charge in [0, 0.05) is 29.3 Å². The second-order valence-electron chi connectivity index (χ2n) is 10.3. The van der Waals surface area contributed by atoms with Gasteiger partial charge in [0.2, 0.25) is 5.88 Å². The zero-order valence-electron chi connectivity index (χ0n) is 21.7. The van der Waals surface area contributed by atoms with Gasteiger partial charge in [-0.05, 0) is 69.4 Å². The molecule has 204 valence electrons. The largest absolute Gasteiger partial charge is 0.481 e. The third-order valence-corrected chi connectivity index (χ3v) is 7.43. The van der Waals surface area contributed by atoms with Crippen molar-refractivity contribution in [2.24, 2.45) is 11.8 Å². The summed E-state index contributed by atoms with van der Waals surface area (Å²) < 4.78 is 49.0. The van der Waals surface area contributed by atoms with Gasteiger partial charge >= 0.3 is 12.1 Å². The Morgan fingerprint density at radius 1 is 1.23 bits per heavy atom. The number of ether oxygens (including phenoxy) is 1. The highest BCUT2D eigenvalue weighted by Crippen LogP contribution is 2.80. The molecule has 8 nitrogen and oxygen atoms in total. The lowest BCUT2D eigenvalue weighted by Gasteiger charge is -2.19. The average molecular weight is 541 g/mol. The van der Waals surface area contributed by atoms with Crippen molar-refractivity contribution in [3.05, 3.63) is 76.6 Å². The Bertz CT molecular complexity index is 1550. The van der Waals surface area contributed by atoms with Crippen molar-refractivity contribution < 1.29 is 32.6 Å². The number of allylic oxidation sites excluding steroid dienone is 1. The van der Waals surface area contributed by atoms with E-state index in [1.54, 1.807) is 62.8 Å². The van der Waals surface area contributed by atoms with E-state index in [4.69, 9.17) is 4.74 Å². The fourth-order valence-corrected chi connectivity index (χ4v) is 5.50. The molecule has 2 heterocycles. The molecule has 2 unspecified atom stereocenters. The number of halogens is 3. The number of carboxylic acid groups (broad SMARTS) is 1. The number of nitrogens with one attached hydrogen (secondary N) is 1. The summed E-state index contributed by atoms with van der Waals surface area (Å²) in [5.41, 5.74) is 0.425. The summed E-state index contributed by atoms with van der Waals surface area (Å²) in [5, 5.41) is 15.9. The van der Waals surface area contributed by atoms with Crippen LogP contribution in [0.3, 0.4) is 0 Å². The highest BCUT2D eigenvalue weighted by molar-refractivity contribution is 6.07. The smallest absolute Gasteiger partial charge is 0.418 e. The number of aliphatic carboxylic acids is 1. The second-order valence-corrected chi connectivity index (χ2v) is 10.3. The van der Waals surface area contributed by atoms with E-state index in [2.05, 4.69) is 15.4 Å². The zero-order chi connectivity index (χ0) is 28.3. The first-order valence-corrected chi connectivity index (χ1v) is 12.4. The van der Waals surface area contributed by atoms with Crippen LogP contribution < -0.4 is 10.1 Å². The van der Waals surface area contributed by atoms with Gasteiger partial charge < -0.3 is 15.2 Å². The number of amides is 1. The Kier molecular flexibility index (Phi) is 6.27. The molecule has 0 radical (unpaired) electrons. The van der Waals surface area contributed by atoms with Crippen molar-refractivity contribution in [2.45, 2.75) is 51.8 Å². The summed E-state index contributed by atoms with van der Waals surface area (Å²) in [5.74, 6) is -1.97. The lowest BCUT2D eigenvalue weighted by molar-refractivity contribution is -0.140. The molecular weight excluding hydrogens is 513 g/mol. The maximum absolute atomic E-state index is 13.8.